The van der Waals surface area contributed by atoms with Gasteiger partial charge in [-0.2, -0.15) is 13.2 Å². The SMILES string of the molecule is [C-]#[N+]c1cc(-n2c3ccccc3c3cc(-c4ccc(C)cc4)ccc32)c(-n2c3ccccc3c3cc(-c4ccc(C)cc4)ccc32)cc1-c1ccccc1C(F)(F)F. The summed E-state index contributed by atoms with van der Waals surface area (Å²) in [5, 5.41) is 4.07. The van der Waals surface area contributed by atoms with Crippen LogP contribution in [-0.2, 0) is 6.18 Å². The summed E-state index contributed by atoms with van der Waals surface area (Å²) in [4.78, 5) is 3.92. The number of benzene rings is 8. The number of aromatic nitrogens is 2. The van der Waals surface area contributed by atoms with Crippen LogP contribution in [0.3, 0.4) is 0 Å². The summed E-state index contributed by atoms with van der Waals surface area (Å²) >= 11 is 0. The van der Waals surface area contributed by atoms with Gasteiger partial charge in [-0.05, 0) is 102 Å². The highest BCUT2D eigenvalue weighted by atomic mass is 19.4. The van der Waals surface area contributed by atoms with Crippen LogP contribution in [0.2, 0.25) is 0 Å². The van der Waals surface area contributed by atoms with Crippen LogP contribution in [0.15, 0.2) is 170 Å². The molecule has 0 unspecified atom stereocenters. The Labute approximate surface area is 333 Å². The Balaban J connectivity index is 1.32. The molecule has 0 atom stereocenters. The zero-order valence-electron chi connectivity index (χ0n) is 31.6. The Morgan fingerprint density at radius 3 is 1.36 bits per heavy atom. The predicted octanol–water partition coefficient (Wildman–Crippen LogP) is 15.1. The molecule has 58 heavy (non-hydrogen) atoms. The fraction of sp³-hybridized carbons (Fsp3) is 0.0577. The number of para-hydroxylation sites is 2. The smallest absolute Gasteiger partial charge is 0.308 e. The van der Waals surface area contributed by atoms with Crippen LogP contribution in [0.5, 0.6) is 0 Å². The fourth-order valence-electron chi connectivity index (χ4n) is 8.51. The van der Waals surface area contributed by atoms with Gasteiger partial charge in [0.05, 0.1) is 45.6 Å². The van der Waals surface area contributed by atoms with E-state index < -0.39 is 11.7 Å². The van der Waals surface area contributed by atoms with Crippen LogP contribution >= 0.6 is 0 Å². The Morgan fingerprint density at radius 2 is 0.862 bits per heavy atom. The van der Waals surface area contributed by atoms with Crippen molar-refractivity contribution in [1.82, 2.24) is 9.13 Å². The van der Waals surface area contributed by atoms with E-state index in [0.29, 0.717) is 11.4 Å². The van der Waals surface area contributed by atoms with Crippen LogP contribution in [0, 0.1) is 20.4 Å². The first-order valence-corrected chi connectivity index (χ1v) is 19.1. The molecule has 0 saturated carbocycles. The Bertz CT molecular complexity index is 3290. The summed E-state index contributed by atoms with van der Waals surface area (Å²) in [5.74, 6) is 0. The van der Waals surface area contributed by atoms with Gasteiger partial charge in [0.1, 0.15) is 0 Å². The molecule has 2 aromatic heterocycles. The van der Waals surface area contributed by atoms with Crippen molar-refractivity contribution in [3.63, 3.8) is 0 Å². The molecule has 10 rings (SSSR count). The molecule has 0 radical (unpaired) electrons. The number of fused-ring (bicyclic) bond motifs is 6. The lowest BCUT2D eigenvalue weighted by molar-refractivity contribution is -0.137. The molecule has 0 N–H and O–H groups in total. The van der Waals surface area contributed by atoms with E-state index in [9.17, 15) is 13.2 Å². The molecule has 0 amide bonds. The second kappa shape index (κ2) is 13.4. The Hall–Kier alpha value is -7.36. The van der Waals surface area contributed by atoms with Gasteiger partial charge in [0.25, 0.3) is 0 Å². The van der Waals surface area contributed by atoms with Crippen LogP contribution in [0.25, 0.3) is 93.2 Å². The molecular weight excluding hydrogens is 724 g/mol. The number of halogens is 3. The van der Waals surface area contributed by atoms with E-state index in [4.69, 9.17) is 6.57 Å². The van der Waals surface area contributed by atoms with E-state index in [-0.39, 0.29) is 16.8 Å². The van der Waals surface area contributed by atoms with Crippen molar-refractivity contribution < 1.29 is 13.2 Å². The highest BCUT2D eigenvalue weighted by molar-refractivity contribution is 6.13. The topological polar surface area (TPSA) is 14.2 Å². The van der Waals surface area contributed by atoms with Gasteiger partial charge in [0.2, 0.25) is 0 Å². The average Bonchev–Trinajstić information content (AvgIpc) is 3.75. The first-order valence-electron chi connectivity index (χ1n) is 19.1. The summed E-state index contributed by atoms with van der Waals surface area (Å²) in [5.41, 5.74) is 11.2. The number of aryl methyl sites for hydroxylation is 2. The van der Waals surface area contributed by atoms with Crippen molar-refractivity contribution in [2.24, 2.45) is 0 Å². The maximum atomic E-state index is 14.7. The molecule has 3 nitrogen and oxygen atoms in total. The number of hydrogen-bond donors (Lipinski definition) is 0. The highest BCUT2D eigenvalue weighted by Gasteiger charge is 2.34. The molecule has 0 spiro atoms. The number of alkyl halides is 3. The zero-order valence-corrected chi connectivity index (χ0v) is 31.6. The molecule has 0 fully saturated rings. The first kappa shape index (κ1) is 35.1. The van der Waals surface area contributed by atoms with E-state index in [2.05, 4.69) is 137 Å². The van der Waals surface area contributed by atoms with E-state index in [1.54, 1.807) is 18.2 Å². The lowest BCUT2D eigenvalue weighted by Gasteiger charge is -2.21. The third-order valence-corrected chi connectivity index (χ3v) is 11.3. The van der Waals surface area contributed by atoms with Gasteiger partial charge in [-0.3, -0.25) is 0 Å². The van der Waals surface area contributed by atoms with Crippen molar-refractivity contribution in [2.45, 2.75) is 20.0 Å². The minimum atomic E-state index is -4.63. The second-order valence-corrected chi connectivity index (χ2v) is 14.9. The number of hydrogen-bond acceptors (Lipinski definition) is 0. The van der Waals surface area contributed by atoms with Gasteiger partial charge in [0, 0.05) is 21.5 Å². The van der Waals surface area contributed by atoms with E-state index >= 15 is 0 Å². The molecule has 8 aromatic carbocycles. The van der Waals surface area contributed by atoms with Gasteiger partial charge in [-0.1, -0.05) is 126 Å². The molecular formula is C52H34F3N3. The van der Waals surface area contributed by atoms with Gasteiger partial charge < -0.3 is 9.13 Å². The molecule has 0 aliphatic carbocycles. The van der Waals surface area contributed by atoms with Gasteiger partial charge >= 0.3 is 6.18 Å². The first-order chi connectivity index (χ1) is 28.2. The quantitative estimate of drug-likeness (QED) is 0.155. The van der Waals surface area contributed by atoms with E-state index in [1.807, 2.05) is 24.3 Å². The number of rotatable bonds is 5. The van der Waals surface area contributed by atoms with Crippen molar-refractivity contribution in [3.8, 4) is 44.8 Å². The largest absolute Gasteiger partial charge is 0.416 e. The molecule has 278 valence electrons. The molecule has 10 aromatic rings. The van der Waals surface area contributed by atoms with E-state index in [0.717, 1.165) is 71.9 Å². The predicted molar refractivity (Wildman–Crippen MR) is 232 cm³/mol. The van der Waals surface area contributed by atoms with Crippen LogP contribution < -0.4 is 0 Å². The average molecular weight is 758 g/mol. The summed E-state index contributed by atoms with van der Waals surface area (Å²) in [7, 11) is 0. The fourth-order valence-corrected chi connectivity index (χ4v) is 8.51. The summed E-state index contributed by atoms with van der Waals surface area (Å²) in [6.45, 7) is 12.5. The maximum Gasteiger partial charge on any atom is 0.416 e. The van der Waals surface area contributed by atoms with Crippen LogP contribution in [-0.4, -0.2) is 9.13 Å². The number of nitrogens with zero attached hydrogens (tertiary/aromatic N) is 3. The second-order valence-electron chi connectivity index (χ2n) is 14.9. The summed E-state index contributed by atoms with van der Waals surface area (Å²) in [6, 6.07) is 55.1. The summed E-state index contributed by atoms with van der Waals surface area (Å²) in [6.07, 6.45) is -4.63. The molecule has 0 aliphatic heterocycles. The monoisotopic (exact) mass is 757 g/mol. The van der Waals surface area contributed by atoms with E-state index in [1.165, 1.54) is 23.3 Å². The lowest BCUT2D eigenvalue weighted by Crippen LogP contribution is -2.08. The highest BCUT2D eigenvalue weighted by Crippen LogP contribution is 2.46. The van der Waals surface area contributed by atoms with Gasteiger partial charge in [-0.25, -0.2) is 4.85 Å². The Kier molecular flexibility index (Phi) is 8.10. The Morgan fingerprint density at radius 1 is 0.431 bits per heavy atom. The van der Waals surface area contributed by atoms with Crippen molar-refractivity contribution >= 4 is 49.3 Å². The van der Waals surface area contributed by atoms with Crippen LogP contribution in [0.4, 0.5) is 18.9 Å². The molecule has 0 bridgehead atoms. The lowest BCUT2D eigenvalue weighted by atomic mass is 9.96. The summed E-state index contributed by atoms with van der Waals surface area (Å²) < 4.78 is 48.4. The van der Waals surface area contributed by atoms with Crippen molar-refractivity contribution in [2.75, 3.05) is 0 Å². The minimum absolute atomic E-state index is 0.0406. The van der Waals surface area contributed by atoms with Gasteiger partial charge in [0.15, 0.2) is 5.69 Å². The molecule has 0 aliphatic rings. The molecule has 0 saturated heterocycles. The molecule has 6 heteroatoms. The third-order valence-electron chi connectivity index (χ3n) is 11.3. The minimum Gasteiger partial charge on any atom is -0.308 e. The third kappa shape index (κ3) is 5.66. The van der Waals surface area contributed by atoms with Crippen molar-refractivity contribution in [1.29, 1.82) is 0 Å². The standard InChI is InChI=1S/C52H34F3N3/c1-32-16-20-34(21-17-32)36-24-26-48-42(28-36)39-11-5-8-14-46(39)57(48)50-30-41(38-10-4-7-13-44(38)52(53,54)55)45(56-3)31-51(50)58-47-15-9-6-12-40(47)43-29-37(25-27-49(43)58)35-22-18-33(2)19-23-35/h4-31H,1-2H3. The van der Waals surface area contributed by atoms with Crippen molar-refractivity contribution in [3.05, 3.63) is 198 Å². The van der Waals surface area contributed by atoms with Gasteiger partial charge in [-0.15, -0.1) is 0 Å². The van der Waals surface area contributed by atoms with Crippen LogP contribution in [0.1, 0.15) is 16.7 Å². The normalized spacial score (nSPS) is 11.9. The zero-order chi connectivity index (χ0) is 39.7. The maximum absolute atomic E-state index is 14.7. The molecule has 2 heterocycles.